The molecule has 8 rings (SSSR count). The lowest BCUT2D eigenvalue weighted by molar-refractivity contribution is -0.744. The van der Waals surface area contributed by atoms with Gasteiger partial charge in [-0.15, -0.1) is 0 Å². The van der Waals surface area contributed by atoms with E-state index in [0.717, 1.165) is 35.6 Å². The maximum Gasteiger partial charge on any atom is 0.217 e. The molecule has 4 saturated carbocycles. The minimum atomic E-state index is -1.34. The summed E-state index contributed by atoms with van der Waals surface area (Å²) in [6.07, 6.45) is 10.9. The molecule has 38 heavy (non-hydrogen) atoms. The van der Waals surface area contributed by atoms with Crippen LogP contribution in [0.15, 0.2) is 71.5 Å². The molecule has 4 fully saturated rings. The number of hydrogen-bond donors (Lipinski definition) is 2. The van der Waals surface area contributed by atoms with Gasteiger partial charge in [-0.05, 0) is 85.4 Å². The first-order valence-electron chi connectivity index (χ1n) is 13.5. The van der Waals surface area contributed by atoms with Crippen LogP contribution in [-0.2, 0) is 12.6 Å². The lowest BCUT2D eigenvalue weighted by Gasteiger charge is -2.64. The Morgan fingerprint density at radius 3 is 2.24 bits per heavy atom. The second-order valence-electron chi connectivity index (χ2n) is 12.1. The van der Waals surface area contributed by atoms with Gasteiger partial charge >= 0.3 is 0 Å². The van der Waals surface area contributed by atoms with Crippen LogP contribution in [0, 0.1) is 34.5 Å². The van der Waals surface area contributed by atoms with E-state index in [-0.39, 0.29) is 5.41 Å². The predicted octanol–water partition coefficient (Wildman–Crippen LogP) is 6.55. The van der Waals surface area contributed by atoms with Crippen molar-refractivity contribution >= 4 is 46.6 Å². The van der Waals surface area contributed by atoms with Gasteiger partial charge in [-0.2, -0.15) is 9.83 Å². The molecule has 4 nitrogen and oxygen atoms in total. The van der Waals surface area contributed by atoms with Gasteiger partial charge in [-0.1, -0.05) is 52.5 Å². The number of nitrogens with zero attached hydrogens (tertiary/aromatic N) is 2. The summed E-state index contributed by atoms with van der Waals surface area (Å²) >= 11 is 18.7. The third-order valence-corrected chi connectivity index (χ3v) is 11.0. The van der Waals surface area contributed by atoms with Crippen LogP contribution in [0.4, 0.5) is 0 Å². The highest BCUT2D eigenvalue weighted by molar-refractivity contribution is 7.63. The molecule has 0 saturated heterocycles. The molecular formula is C31H29Cl2N3OS. The van der Waals surface area contributed by atoms with Gasteiger partial charge in [0.15, 0.2) is 12.4 Å². The highest BCUT2D eigenvalue weighted by Crippen LogP contribution is 2.66. The molecule has 5 aliphatic rings. The molecule has 3 aromatic rings. The zero-order valence-corrected chi connectivity index (χ0v) is 23.2. The number of aliphatic hydroxyl groups is 1. The van der Waals surface area contributed by atoms with Crippen molar-refractivity contribution in [3.63, 3.8) is 0 Å². The van der Waals surface area contributed by atoms with Crippen LogP contribution >= 0.6 is 23.2 Å². The van der Waals surface area contributed by atoms with Crippen LogP contribution < -0.4 is 9.88 Å². The standard InChI is InChI=1S/C31H29Cl2N3OS/c32-25-6-5-22(12-26(25)33)27-24(16-34)29(38)35-31(37,30-13-18-9-19(14-30)11-20(10-18)15-30)28(27)36-8-7-21-3-1-2-4-23(21)17-36/h1-8,12,17-20,27-28,35,37H,9-11,13-15H2/t18?,19?,20?,27-,28+,30?,31-/m0/s1. The van der Waals surface area contributed by atoms with Crippen molar-refractivity contribution in [1.29, 1.82) is 5.26 Å². The molecule has 0 unspecified atom stereocenters. The third-order valence-electron chi connectivity index (χ3n) is 9.91. The molecule has 2 N–H and O–H groups in total. The van der Waals surface area contributed by atoms with E-state index in [9.17, 15) is 10.4 Å². The van der Waals surface area contributed by atoms with Crippen molar-refractivity contribution < 1.29 is 9.67 Å². The Labute approximate surface area is 238 Å². The molecule has 0 radical (unpaired) electrons. The second kappa shape index (κ2) is 8.83. The van der Waals surface area contributed by atoms with Crippen molar-refractivity contribution in [1.82, 2.24) is 5.32 Å². The summed E-state index contributed by atoms with van der Waals surface area (Å²) in [5.41, 5.74) is -0.401. The van der Waals surface area contributed by atoms with Gasteiger partial charge in [0.1, 0.15) is 0 Å². The summed E-state index contributed by atoms with van der Waals surface area (Å²) in [5.74, 6) is 1.40. The Balaban J connectivity index is 1.48. The van der Waals surface area contributed by atoms with Crippen molar-refractivity contribution in [3.8, 4) is 6.07 Å². The van der Waals surface area contributed by atoms with Gasteiger partial charge in [0.25, 0.3) is 0 Å². The van der Waals surface area contributed by atoms with E-state index >= 15 is 0 Å². The lowest BCUT2D eigenvalue weighted by atomic mass is 9.45. The van der Waals surface area contributed by atoms with Crippen LogP contribution in [0.1, 0.15) is 56.0 Å². The summed E-state index contributed by atoms with van der Waals surface area (Å²) in [7, 11) is 0. The fourth-order valence-corrected chi connectivity index (χ4v) is 9.40. The van der Waals surface area contributed by atoms with E-state index in [1.807, 2.05) is 30.5 Å². The van der Waals surface area contributed by atoms with Gasteiger partial charge in [0.05, 0.1) is 22.0 Å². The molecule has 3 atom stereocenters. The van der Waals surface area contributed by atoms with E-state index in [0.29, 0.717) is 38.4 Å². The molecule has 2 heterocycles. The summed E-state index contributed by atoms with van der Waals surface area (Å²) in [6, 6.07) is 17.7. The minimum absolute atomic E-state index is 0.329. The first-order chi connectivity index (χ1) is 18.3. The predicted molar refractivity (Wildman–Crippen MR) is 151 cm³/mol. The highest BCUT2D eigenvalue weighted by Gasteiger charge is 2.68. The maximum absolute atomic E-state index is 13.2. The lowest BCUT2D eigenvalue weighted by Crippen LogP contribution is -2.73. The van der Waals surface area contributed by atoms with Crippen LogP contribution in [0.2, 0.25) is 10.0 Å². The Kier molecular flexibility index (Phi) is 5.73. The number of aromatic nitrogens is 1. The monoisotopic (exact) mass is 561 g/mol. The Bertz CT molecular complexity index is 1500. The highest BCUT2D eigenvalue weighted by atomic mass is 35.5. The van der Waals surface area contributed by atoms with Crippen molar-refractivity contribution in [2.75, 3.05) is 0 Å². The average molecular weight is 563 g/mol. The summed E-state index contributed by atoms with van der Waals surface area (Å²) < 4.78 is 2.11. The van der Waals surface area contributed by atoms with E-state index in [2.05, 4.69) is 40.3 Å². The van der Waals surface area contributed by atoms with Gasteiger partial charge < -0.3 is 23.1 Å². The number of rotatable bonds is 3. The molecule has 7 heteroatoms. The van der Waals surface area contributed by atoms with E-state index in [1.54, 1.807) is 6.07 Å². The molecule has 194 valence electrons. The molecule has 0 amide bonds. The van der Waals surface area contributed by atoms with Gasteiger partial charge in [-0.3, -0.25) is 0 Å². The number of nitrogens with one attached hydrogen (secondary N) is 1. The van der Waals surface area contributed by atoms with Crippen LogP contribution in [0.5, 0.6) is 0 Å². The fraction of sp³-hybridized carbons (Fsp3) is 0.419. The molecule has 1 aliphatic heterocycles. The number of nitriles is 1. The molecular weight excluding hydrogens is 533 g/mol. The Morgan fingerprint density at radius 1 is 0.947 bits per heavy atom. The van der Waals surface area contributed by atoms with Crippen molar-refractivity contribution in [3.05, 3.63) is 87.1 Å². The SMILES string of the molecule is N#CC1=C([S-])N[C@@](O)(C23CC4CC(CC(C4)C2)C3)[C@H]([n+]2ccc3ccccc3c2)[C@H]1c1ccc(Cl)c(Cl)c1. The zero-order chi connectivity index (χ0) is 26.2. The minimum Gasteiger partial charge on any atom is -0.762 e. The zero-order valence-electron chi connectivity index (χ0n) is 20.9. The van der Waals surface area contributed by atoms with E-state index in [1.165, 1.54) is 19.3 Å². The quantitative estimate of drug-likeness (QED) is 0.281. The molecule has 4 aliphatic carbocycles. The van der Waals surface area contributed by atoms with Crippen LogP contribution in [0.25, 0.3) is 10.8 Å². The molecule has 4 bridgehead atoms. The number of benzene rings is 2. The first-order valence-corrected chi connectivity index (χ1v) is 14.6. The fourth-order valence-electron chi connectivity index (χ4n) is 8.76. The summed E-state index contributed by atoms with van der Waals surface area (Å²) in [4.78, 5) is 0. The van der Waals surface area contributed by atoms with E-state index < -0.39 is 17.7 Å². The number of allylic oxidation sites excluding steroid dienone is 1. The van der Waals surface area contributed by atoms with Gasteiger partial charge in [-0.25, -0.2) is 0 Å². The summed E-state index contributed by atoms with van der Waals surface area (Å²) in [6.45, 7) is 0. The Hall–Kier alpha value is -2.36. The maximum atomic E-state index is 13.2. The van der Waals surface area contributed by atoms with E-state index in [4.69, 9.17) is 35.8 Å². The number of pyridine rings is 1. The number of hydrogen-bond acceptors (Lipinski definition) is 4. The second-order valence-corrected chi connectivity index (χ2v) is 13.3. The third kappa shape index (κ3) is 3.61. The van der Waals surface area contributed by atoms with Gasteiger partial charge in [0.2, 0.25) is 11.8 Å². The number of halogens is 2. The molecule has 2 aromatic carbocycles. The molecule has 0 spiro atoms. The van der Waals surface area contributed by atoms with Crippen LogP contribution in [-0.4, -0.2) is 10.8 Å². The summed E-state index contributed by atoms with van der Waals surface area (Å²) in [5, 5.41) is 30.4. The first kappa shape index (κ1) is 24.7. The van der Waals surface area contributed by atoms with Crippen molar-refractivity contribution in [2.24, 2.45) is 23.2 Å². The molecule has 1 aromatic heterocycles. The van der Waals surface area contributed by atoms with Crippen molar-refractivity contribution in [2.45, 2.75) is 56.2 Å². The van der Waals surface area contributed by atoms with Gasteiger partial charge in [0, 0.05) is 22.4 Å². The topological polar surface area (TPSA) is 59.9 Å². The normalized spacial score (nSPS) is 35.8. The smallest absolute Gasteiger partial charge is 0.217 e. The average Bonchev–Trinajstić information content (AvgIpc) is 2.89. The number of fused-ring (bicyclic) bond motifs is 1. The largest absolute Gasteiger partial charge is 0.762 e. The van der Waals surface area contributed by atoms with Crippen LogP contribution in [0.3, 0.4) is 0 Å². The Morgan fingerprint density at radius 2 is 1.61 bits per heavy atom.